The van der Waals surface area contributed by atoms with Crippen LogP contribution >= 0.6 is 0 Å². The average molecular weight is 338 g/mol. The molecule has 0 aliphatic rings. The van der Waals surface area contributed by atoms with Crippen LogP contribution < -0.4 is 0 Å². The number of aryl methyl sites for hydroxylation is 1. The van der Waals surface area contributed by atoms with Crippen LogP contribution in [0.25, 0.3) is 5.69 Å². The lowest BCUT2D eigenvalue weighted by atomic mass is 10.0. The monoisotopic (exact) mass is 338 g/mol. The van der Waals surface area contributed by atoms with E-state index in [1.807, 2.05) is 50.4 Å². The third-order valence-corrected chi connectivity index (χ3v) is 4.05. The molecular formula is C19H22N4O2. The van der Waals surface area contributed by atoms with Crippen molar-refractivity contribution in [3.63, 3.8) is 0 Å². The van der Waals surface area contributed by atoms with Crippen LogP contribution in [-0.4, -0.2) is 32.8 Å². The van der Waals surface area contributed by atoms with Gasteiger partial charge in [0.15, 0.2) is 5.76 Å². The first-order valence-corrected chi connectivity index (χ1v) is 8.28. The Morgan fingerprint density at radius 1 is 1.28 bits per heavy atom. The Balaban J connectivity index is 1.77. The third-order valence-electron chi connectivity index (χ3n) is 4.05. The molecule has 3 aromatic rings. The highest BCUT2D eigenvalue weighted by atomic mass is 16.5. The van der Waals surface area contributed by atoms with E-state index in [0.29, 0.717) is 23.6 Å². The van der Waals surface area contributed by atoms with Crippen LogP contribution in [0.3, 0.4) is 0 Å². The van der Waals surface area contributed by atoms with Crippen LogP contribution in [-0.2, 0) is 6.54 Å². The summed E-state index contributed by atoms with van der Waals surface area (Å²) in [7, 11) is 1.78. The van der Waals surface area contributed by atoms with Crippen molar-refractivity contribution >= 4 is 5.91 Å². The van der Waals surface area contributed by atoms with Gasteiger partial charge < -0.3 is 9.42 Å². The highest BCUT2D eigenvalue weighted by Crippen LogP contribution is 2.24. The van der Waals surface area contributed by atoms with Crippen molar-refractivity contribution in [2.75, 3.05) is 7.05 Å². The minimum Gasteiger partial charge on any atom is -0.360 e. The number of rotatable bonds is 5. The molecule has 3 rings (SSSR count). The van der Waals surface area contributed by atoms with Gasteiger partial charge in [-0.05, 0) is 19.1 Å². The van der Waals surface area contributed by atoms with Gasteiger partial charge in [-0.2, -0.15) is 5.10 Å². The van der Waals surface area contributed by atoms with Gasteiger partial charge in [0.05, 0.1) is 17.6 Å². The number of carbonyl (C=O) groups is 1. The molecule has 2 aromatic heterocycles. The zero-order valence-electron chi connectivity index (χ0n) is 14.9. The summed E-state index contributed by atoms with van der Waals surface area (Å²) in [5, 5.41) is 8.33. The van der Waals surface area contributed by atoms with Crippen LogP contribution in [0.5, 0.6) is 0 Å². The lowest BCUT2D eigenvalue weighted by Gasteiger charge is -2.16. The summed E-state index contributed by atoms with van der Waals surface area (Å²) < 4.78 is 7.13. The molecule has 0 bridgehead atoms. The Kier molecular flexibility index (Phi) is 4.70. The van der Waals surface area contributed by atoms with E-state index in [1.54, 1.807) is 29.7 Å². The first kappa shape index (κ1) is 17.0. The Morgan fingerprint density at radius 2 is 2.00 bits per heavy atom. The van der Waals surface area contributed by atoms with E-state index in [-0.39, 0.29) is 11.8 Å². The number of hydrogen-bond acceptors (Lipinski definition) is 4. The lowest BCUT2D eigenvalue weighted by Crippen LogP contribution is -2.27. The molecule has 0 saturated heterocycles. The summed E-state index contributed by atoms with van der Waals surface area (Å²) in [5.74, 6) is 0.652. The lowest BCUT2D eigenvalue weighted by molar-refractivity contribution is 0.0781. The molecule has 25 heavy (non-hydrogen) atoms. The quantitative estimate of drug-likeness (QED) is 0.713. The van der Waals surface area contributed by atoms with Gasteiger partial charge >= 0.3 is 0 Å². The summed E-state index contributed by atoms with van der Waals surface area (Å²) >= 11 is 0. The molecule has 0 saturated carbocycles. The van der Waals surface area contributed by atoms with E-state index in [1.165, 1.54) is 0 Å². The number of amides is 1. The van der Waals surface area contributed by atoms with Gasteiger partial charge in [-0.15, -0.1) is 0 Å². The molecule has 6 heteroatoms. The molecule has 0 radical (unpaired) electrons. The molecule has 6 nitrogen and oxygen atoms in total. The van der Waals surface area contributed by atoms with Crippen molar-refractivity contribution in [2.24, 2.45) is 0 Å². The maximum Gasteiger partial charge on any atom is 0.259 e. The summed E-state index contributed by atoms with van der Waals surface area (Å²) in [6, 6.07) is 9.87. The smallest absolute Gasteiger partial charge is 0.259 e. The molecule has 1 amide bonds. The highest BCUT2D eigenvalue weighted by Gasteiger charge is 2.25. The SMILES string of the molecule is Cc1noc(C(C)C)c1C(=O)N(C)Cc1cnn(-c2ccccc2)c1. The van der Waals surface area contributed by atoms with Crippen molar-refractivity contribution in [1.82, 2.24) is 19.8 Å². The average Bonchev–Trinajstić information content (AvgIpc) is 3.21. The van der Waals surface area contributed by atoms with E-state index in [2.05, 4.69) is 10.3 Å². The minimum absolute atomic E-state index is 0.0880. The van der Waals surface area contributed by atoms with E-state index >= 15 is 0 Å². The number of nitrogens with zero attached hydrogens (tertiary/aromatic N) is 4. The van der Waals surface area contributed by atoms with Crippen molar-refractivity contribution in [3.8, 4) is 5.69 Å². The molecule has 0 N–H and O–H groups in total. The maximum absolute atomic E-state index is 12.8. The second-order valence-electron chi connectivity index (χ2n) is 6.45. The fraction of sp³-hybridized carbons (Fsp3) is 0.316. The van der Waals surface area contributed by atoms with E-state index in [4.69, 9.17) is 4.52 Å². The van der Waals surface area contributed by atoms with Crippen molar-refractivity contribution < 1.29 is 9.32 Å². The molecule has 0 aliphatic carbocycles. The van der Waals surface area contributed by atoms with Gasteiger partial charge in [0.1, 0.15) is 5.56 Å². The molecule has 0 spiro atoms. The molecule has 0 unspecified atom stereocenters. The van der Waals surface area contributed by atoms with Crippen LogP contribution in [0.2, 0.25) is 0 Å². The Labute approximate surface area is 147 Å². The second kappa shape index (κ2) is 6.93. The van der Waals surface area contributed by atoms with Crippen LogP contribution in [0, 0.1) is 6.92 Å². The number of para-hydroxylation sites is 1. The summed E-state index contributed by atoms with van der Waals surface area (Å²) in [6.07, 6.45) is 3.71. The minimum atomic E-state index is -0.0880. The van der Waals surface area contributed by atoms with Gasteiger partial charge in [0.25, 0.3) is 5.91 Å². The summed E-state index contributed by atoms with van der Waals surface area (Å²) in [4.78, 5) is 14.5. The first-order valence-electron chi connectivity index (χ1n) is 8.28. The van der Waals surface area contributed by atoms with Crippen molar-refractivity contribution in [2.45, 2.75) is 33.2 Å². The van der Waals surface area contributed by atoms with Gasteiger partial charge in [0, 0.05) is 31.3 Å². The number of aromatic nitrogens is 3. The highest BCUT2D eigenvalue weighted by molar-refractivity contribution is 5.96. The molecule has 0 fully saturated rings. The molecule has 0 aliphatic heterocycles. The molecule has 0 atom stereocenters. The third kappa shape index (κ3) is 3.47. The first-order chi connectivity index (χ1) is 12.0. The zero-order chi connectivity index (χ0) is 18.0. The van der Waals surface area contributed by atoms with E-state index in [0.717, 1.165) is 11.3 Å². The van der Waals surface area contributed by atoms with Gasteiger partial charge in [-0.3, -0.25) is 4.79 Å². The van der Waals surface area contributed by atoms with Gasteiger partial charge in [-0.25, -0.2) is 4.68 Å². The normalized spacial score (nSPS) is 11.1. The Morgan fingerprint density at radius 3 is 2.68 bits per heavy atom. The molecule has 1 aromatic carbocycles. The zero-order valence-corrected chi connectivity index (χ0v) is 14.9. The molecule has 2 heterocycles. The van der Waals surface area contributed by atoms with Crippen LogP contribution in [0.4, 0.5) is 0 Å². The van der Waals surface area contributed by atoms with Gasteiger partial charge in [0.2, 0.25) is 0 Å². The maximum atomic E-state index is 12.8. The predicted octanol–water partition coefficient (Wildman–Crippen LogP) is 3.56. The van der Waals surface area contributed by atoms with Crippen LogP contribution in [0.15, 0.2) is 47.2 Å². The standard InChI is InChI=1S/C19H22N4O2/c1-13(2)18-17(14(3)21-25-18)19(24)22(4)11-15-10-20-23(12-15)16-8-6-5-7-9-16/h5-10,12-13H,11H2,1-4H3. The van der Waals surface area contributed by atoms with Crippen LogP contribution in [0.1, 0.15) is 47.1 Å². The second-order valence-corrected chi connectivity index (χ2v) is 6.45. The largest absolute Gasteiger partial charge is 0.360 e. The van der Waals surface area contributed by atoms with Crippen molar-refractivity contribution in [3.05, 3.63) is 65.3 Å². The van der Waals surface area contributed by atoms with E-state index in [9.17, 15) is 4.79 Å². The fourth-order valence-corrected chi connectivity index (χ4v) is 2.74. The van der Waals surface area contributed by atoms with E-state index < -0.39 is 0 Å². The molecule has 130 valence electrons. The summed E-state index contributed by atoms with van der Waals surface area (Å²) in [6.45, 7) is 6.24. The predicted molar refractivity (Wildman–Crippen MR) is 94.7 cm³/mol. The number of carbonyl (C=O) groups excluding carboxylic acids is 1. The summed E-state index contributed by atoms with van der Waals surface area (Å²) in [5.41, 5.74) is 3.13. The Bertz CT molecular complexity index is 865. The number of hydrogen-bond donors (Lipinski definition) is 0. The van der Waals surface area contributed by atoms with Gasteiger partial charge in [-0.1, -0.05) is 37.2 Å². The van der Waals surface area contributed by atoms with Crippen molar-refractivity contribution in [1.29, 1.82) is 0 Å². The fourth-order valence-electron chi connectivity index (χ4n) is 2.74. The Hall–Kier alpha value is -2.89. The number of benzene rings is 1. The topological polar surface area (TPSA) is 64.2 Å². The molecular weight excluding hydrogens is 316 g/mol.